The van der Waals surface area contributed by atoms with E-state index in [2.05, 4.69) is 55.4 Å². The molecule has 0 saturated carbocycles. The zero-order valence-electron chi connectivity index (χ0n) is 12.4. The molecule has 1 heterocycles. The lowest BCUT2D eigenvalue weighted by Gasteiger charge is -2.23. The van der Waals surface area contributed by atoms with E-state index in [1.54, 1.807) is 0 Å². The van der Waals surface area contributed by atoms with Crippen LogP contribution in [0, 0.1) is 0 Å². The molecule has 1 aliphatic rings. The molecule has 0 radical (unpaired) electrons. The van der Waals surface area contributed by atoms with Crippen molar-refractivity contribution >= 4 is 11.8 Å². The van der Waals surface area contributed by atoms with Gasteiger partial charge in [0.25, 0.3) is 0 Å². The summed E-state index contributed by atoms with van der Waals surface area (Å²) < 4.78 is 0. The highest BCUT2D eigenvalue weighted by molar-refractivity contribution is 7.99. The van der Waals surface area contributed by atoms with E-state index in [9.17, 15) is 0 Å². The summed E-state index contributed by atoms with van der Waals surface area (Å²) in [6.07, 6.45) is 1.23. The number of fused-ring (bicyclic) bond motifs is 1. The Labute approximate surface area is 122 Å². The lowest BCUT2D eigenvalue weighted by molar-refractivity contribution is 0.251. The average Bonchev–Trinajstić information content (AvgIpc) is 2.86. The van der Waals surface area contributed by atoms with Crippen molar-refractivity contribution in [3.05, 3.63) is 29.8 Å². The summed E-state index contributed by atoms with van der Waals surface area (Å²) in [5.74, 6) is 1.92. The van der Waals surface area contributed by atoms with E-state index in [1.165, 1.54) is 22.6 Å². The standard InChI is InChI=1S/C16H26N2S/c1-4-13(2)18(3)10-9-17-11-14-12-19-16-8-6-5-7-15(14)16/h5-8,13-14,17H,4,9-12H2,1-3H3. The predicted octanol–water partition coefficient (Wildman–Crippen LogP) is 3.20. The summed E-state index contributed by atoms with van der Waals surface area (Å²) in [5, 5.41) is 3.62. The van der Waals surface area contributed by atoms with Crippen molar-refractivity contribution in [2.45, 2.75) is 37.1 Å². The minimum atomic E-state index is 0.685. The van der Waals surface area contributed by atoms with Crippen LogP contribution in [0.2, 0.25) is 0 Å². The Morgan fingerprint density at radius 3 is 3.00 bits per heavy atom. The molecule has 0 amide bonds. The second-order valence-corrected chi connectivity index (χ2v) is 6.55. The Morgan fingerprint density at radius 2 is 2.21 bits per heavy atom. The summed E-state index contributed by atoms with van der Waals surface area (Å²) in [6.45, 7) is 7.88. The first-order valence-electron chi connectivity index (χ1n) is 7.35. The van der Waals surface area contributed by atoms with E-state index in [0.29, 0.717) is 12.0 Å². The van der Waals surface area contributed by atoms with E-state index < -0.39 is 0 Å². The van der Waals surface area contributed by atoms with Crippen LogP contribution in [0.5, 0.6) is 0 Å². The molecule has 0 aliphatic carbocycles. The first-order valence-corrected chi connectivity index (χ1v) is 8.33. The van der Waals surface area contributed by atoms with Crippen LogP contribution in [0.1, 0.15) is 31.7 Å². The van der Waals surface area contributed by atoms with Crippen molar-refractivity contribution in [3.8, 4) is 0 Å². The number of thioether (sulfide) groups is 1. The summed E-state index contributed by atoms with van der Waals surface area (Å²) in [6, 6.07) is 9.52. The normalized spacial score (nSPS) is 19.7. The van der Waals surface area contributed by atoms with Crippen molar-refractivity contribution in [1.82, 2.24) is 10.2 Å². The Balaban J connectivity index is 1.70. The van der Waals surface area contributed by atoms with E-state index in [0.717, 1.165) is 19.6 Å². The lowest BCUT2D eigenvalue weighted by Crippen LogP contribution is -2.36. The number of benzene rings is 1. The molecule has 0 saturated heterocycles. The number of rotatable bonds is 7. The van der Waals surface area contributed by atoms with Gasteiger partial charge in [-0.15, -0.1) is 11.8 Å². The predicted molar refractivity (Wildman–Crippen MR) is 85.2 cm³/mol. The molecule has 1 aliphatic heterocycles. The van der Waals surface area contributed by atoms with Gasteiger partial charge in [-0.1, -0.05) is 25.1 Å². The molecule has 1 aromatic rings. The Morgan fingerprint density at radius 1 is 1.42 bits per heavy atom. The molecule has 3 heteroatoms. The van der Waals surface area contributed by atoms with E-state index in [-0.39, 0.29) is 0 Å². The van der Waals surface area contributed by atoms with Crippen LogP contribution in [0.3, 0.4) is 0 Å². The van der Waals surface area contributed by atoms with Crippen molar-refractivity contribution < 1.29 is 0 Å². The maximum absolute atomic E-state index is 3.62. The molecule has 1 N–H and O–H groups in total. The molecule has 2 rings (SSSR count). The van der Waals surface area contributed by atoms with Gasteiger partial charge in [0.15, 0.2) is 0 Å². The highest BCUT2D eigenvalue weighted by Crippen LogP contribution is 2.38. The van der Waals surface area contributed by atoms with Crippen LogP contribution >= 0.6 is 11.8 Å². The van der Waals surface area contributed by atoms with E-state index in [4.69, 9.17) is 0 Å². The average molecular weight is 278 g/mol. The molecular formula is C16H26N2S. The summed E-state index contributed by atoms with van der Waals surface area (Å²) >= 11 is 2.00. The van der Waals surface area contributed by atoms with Crippen LogP contribution in [0.4, 0.5) is 0 Å². The van der Waals surface area contributed by atoms with Gasteiger partial charge in [-0.05, 0) is 32.0 Å². The maximum atomic E-state index is 3.62. The van der Waals surface area contributed by atoms with Gasteiger partial charge in [0.1, 0.15) is 0 Å². The quantitative estimate of drug-likeness (QED) is 0.771. The summed E-state index contributed by atoms with van der Waals surface area (Å²) in [5.41, 5.74) is 1.54. The molecule has 0 fully saturated rings. The molecule has 1 aromatic carbocycles. The topological polar surface area (TPSA) is 15.3 Å². The van der Waals surface area contributed by atoms with Gasteiger partial charge in [0, 0.05) is 42.2 Å². The Kier molecular flexibility index (Phi) is 5.74. The Hall–Kier alpha value is -0.510. The summed E-state index contributed by atoms with van der Waals surface area (Å²) in [7, 11) is 2.22. The molecule has 2 nitrogen and oxygen atoms in total. The highest BCUT2D eigenvalue weighted by Gasteiger charge is 2.21. The van der Waals surface area contributed by atoms with Gasteiger partial charge in [-0.25, -0.2) is 0 Å². The number of hydrogen-bond acceptors (Lipinski definition) is 3. The molecule has 0 aromatic heterocycles. The highest BCUT2D eigenvalue weighted by atomic mass is 32.2. The smallest absolute Gasteiger partial charge is 0.0108 e. The van der Waals surface area contributed by atoms with Crippen molar-refractivity contribution in [3.63, 3.8) is 0 Å². The second kappa shape index (κ2) is 7.32. The van der Waals surface area contributed by atoms with Crippen LogP contribution in [0.15, 0.2) is 29.2 Å². The third-order valence-corrected chi connectivity index (χ3v) is 5.43. The van der Waals surface area contributed by atoms with Crippen molar-refractivity contribution in [2.24, 2.45) is 0 Å². The third kappa shape index (κ3) is 3.98. The number of nitrogens with one attached hydrogen (secondary N) is 1. The van der Waals surface area contributed by atoms with Crippen LogP contribution < -0.4 is 5.32 Å². The van der Waals surface area contributed by atoms with E-state index >= 15 is 0 Å². The fourth-order valence-electron chi connectivity index (χ4n) is 2.46. The molecular weight excluding hydrogens is 252 g/mol. The Bertz CT molecular complexity index is 394. The molecule has 0 bridgehead atoms. The minimum absolute atomic E-state index is 0.685. The van der Waals surface area contributed by atoms with Crippen LogP contribution in [-0.2, 0) is 0 Å². The molecule has 0 spiro atoms. The fraction of sp³-hybridized carbons (Fsp3) is 0.625. The summed E-state index contributed by atoms with van der Waals surface area (Å²) in [4.78, 5) is 3.91. The monoisotopic (exact) mass is 278 g/mol. The number of hydrogen-bond donors (Lipinski definition) is 1. The van der Waals surface area contributed by atoms with Crippen molar-refractivity contribution in [2.75, 3.05) is 32.4 Å². The van der Waals surface area contributed by atoms with Gasteiger partial charge >= 0.3 is 0 Å². The van der Waals surface area contributed by atoms with E-state index in [1.807, 2.05) is 11.8 Å². The lowest BCUT2D eigenvalue weighted by atomic mass is 10.0. The van der Waals surface area contributed by atoms with Crippen molar-refractivity contribution in [1.29, 1.82) is 0 Å². The van der Waals surface area contributed by atoms with Gasteiger partial charge in [0.05, 0.1) is 0 Å². The molecule has 106 valence electrons. The zero-order valence-corrected chi connectivity index (χ0v) is 13.2. The number of nitrogens with zero attached hydrogens (tertiary/aromatic N) is 1. The van der Waals surface area contributed by atoms with Gasteiger partial charge in [-0.2, -0.15) is 0 Å². The largest absolute Gasteiger partial charge is 0.315 e. The third-order valence-electron chi connectivity index (χ3n) is 4.17. The van der Waals surface area contributed by atoms with Crippen LogP contribution in [0.25, 0.3) is 0 Å². The van der Waals surface area contributed by atoms with Crippen LogP contribution in [-0.4, -0.2) is 43.4 Å². The first-order chi connectivity index (χ1) is 9.22. The maximum Gasteiger partial charge on any atom is 0.0108 e. The van der Waals surface area contributed by atoms with Gasteiger partial charge in [0.2, 0.25) is 0 Å². The van der Waals surface area contributed by atoms with Gasteiger partial charge in [-0.3, -0.25) is 0 Å². The number of likely N-dealkylation sites (N-methyl/N-ethyl adjacent to an activating group) is 1. The van der Waals surface area contributed by atoms with Gasteiger partial charge < -0.3 is 10.2 Å². The zero-order chi connectivity index (χ0) is 13.7. The SMILES string of the molecule is CCC(C)N(C)CCNCC1CSc2ccccc21. The molecule has 2 unspecified atom stereocenters. The second-order valence-electron chi connectivity index (χ2n) is 5.49. The molecule has 19 heavy (non-hydrogen) atoms. The minimum Gasteiger partial charge on any atom is -0.315 e. The molecule has 2 atom stereocenters. The first kappa shape index (κ1) is 14.9. The fourth-order valence-corrected chi connectivity index (χ4v) is 3.72.